The van der Waals surface area contributed by atoms with E-state index in [4.69, 9.17) is 0 Å². The minimum absolute atomic E-state index is 0.0157. The highest BCUT2D eigenvalue weighted by molar-refractivity contribution is 6.00. The van der Waals surface area contributed by atoms with Crippen molar-refractivity contribution in [2.24, 2.45) is 5.92 Å². The van der Waals surface area contributed by atoms with E-state index in [1.807, 2.05) is 25.1 Å². The van der Waals surface area contributed by atoms with Crippen LogP contribution in [0, 0.1) is 5.92 Å². The molecule has 0 radical (unpaired) electrons. The fraction of sp³-hybridized carbons (Fsp3) is 0.462. The summed E-state index contributed by atoms with van der Waals surface area (Å²) in [6.45, 7) is 4.70. The van der Waals surface area contributed by atoms with Crippen molar-refractivity contribution < 1.29 is 14.7 Å². The van der Waals surface area contributed by atoms with Gasteiger partial charge < -0.3 is 19.7 Å². The summed E-state index contributed by atoms with van der Waals surface area (Å²) in [5, 5.41) is 9.20. The van der Waals surface area contributed by atoms with Gasteiger partial charge in [0.05, 0.1) is 12.6 Å². The number of fused-ring (bicyclic) bond motifs is 1. The average molecular weight is 421 g/mol. The van der Waals surface area contributed by atoms with Crippen molar-refractivity contribution in [3.8, 4) is 0 Å². The van der Waals surface area contributed by atoms with E-state index in [0.717, 1.165) is 61.7 Å². The molecular formula is C26H32N2O3. The molecule has 5 nitrogen and oxygen atoms in total. The second-order valence-electron chi connectivity index (χ2n) is 8.88. The predicted molar refractivity (Wildman–Crippen MR) is 122 cm³/mol. The number of aliphatic hydroxyl groups excluding tert-OH is 1. The fourth-order valence-corrected chi connectivity index (χ4v) is 4.90. The number of piperidine rings is 1. The molecule has 2 aliphatic rings. The summed E-state index contributed by atoms with van der Waals surface area (Å²) < 4.78 is 0. The molecule has 2 aliphatic heterocycles. The van der Waals surface area contributed by atoms with Crippen LogP contribution in [0.1, 0.15) is 59.7 Å². The molecule has 4 rings (SSSR count). The lowest BCUT2D eigenvalue weighted by Gasteiger charge is -2.34. The van der Waals surface area contributed by atoms with Crippen molar-refractivity contribution in [3.05, 3.63) is 64.7 Å². The van der Waals surface area contributed by atoms with Crippen LogP contribution >= 0.6 is 0 Å². The number of rotatable bonds is 8. The van der Waals surface area contributed by atoms with Gasteiger partial charge in [0.25, 0.3) is 5.91 Å². The Bertz CT molecular complexity index is 917. The van der Waals surface area contributed by atoms with Crippen molar-refractivity contribution >= 4 is 17.9 Å². The summed E-state index contributed by atoms with van der Waals surface area (Å²) in [6.07, 6.45) is 5.89. The van der Waals surface area contributed by atoms with Crippen LogP contribution in [0.4, 0.5) is 5.69 Å². The maximum absolute atomic E-state index is 12.8. The Morgan fingerprint density at radius 1 is 1.10 bits per heavy atom. The number of nitrogens with zero attached hydrogens (tertiary/aromatic N) is 2. The second kappa shape index (κ2) is 9.65. The molecule has 2 heterocycles. The van der Waals surface area contributed by atoms with Gasteiger partial charge in [0, 0.05) is 30.9 Å². The van der Waals surface area contributed by atoms with E-state index >= 15 is 0 Å². The molecule has 1 amide bonds. The number of anilines is 1. The highest BCUT2D eigenvalue weighted by Gasteiger charge is 2.32. The third kappa shape index (κ3) is 4.67. The van der Waals surface area contributed by atoms with Gasteiger partial charge in [-0.2, -0.15) is 0 Å². The lowest BCUT2D eigenvalue weighted by atomic mass is 9.89. The topological polar surface area (TPSA) is 60.9 Å². The fourth-order valence-electron chi connectivity index (χ4n) is 4.90. The van der Waals surface area contributed by atoms with Gasteiger partial charge in [0.2, 0.25) is 0 Å². The lowest BCUT2D eigenvalue weighted by Crippen LogP contribution is -2.36. The van der Waals surface area contributed by atoms with Gasteiger partial charge in [0.15, 0.2) is 0 Å². The summed E-state index contributed by atoms with van der Waals surface area (Å²) in [5.41, 5.74) is 5.26. The number of amides is 1. The Labute approximate surface area is 184 Å². The van der Waals surface area contributed by atoms with Crippen molar-refractivity contribution in [1.29, 1.82) is 0 Å². The van der Waals surface area contributed by atoms with E-state index in [-0.39, 0.29) is 18.6 Å². The zero-order chi connectivity index (χ0) is 21.8. The van der Waals surface area contributed by atoms with Crippen molar-refractivity contribution in [2.75, 3.05) is 18.0 Å². The average Bonchev–Trinajstić information content (AvgIpc) is 3.14. The van der Waals surface area contributed by atoms with E-state index in [1.54, 1.807) is 4.90 Å². The van der Waals surface area contributed by atoms with Crippen molar-refractivity contribution in [1.82, 2.24) is 4.90 Å². The summed E-state index contributed by atoms with van der Waals surface area (Å²) >= 11 is 0. The maximum Gasteiger partial charge on any atom is 0.255 e. The smallest absolute Gasteiger partial charge is 0.255 e. The Hall–Kier alpha value is -2.66. The number of aldehydes is 1. The van der Waals surface area contributed by atoms with E-state index < -0.39 is 0 Å². The summed E-state index contributed by atoms with van der Waals surface area (Å²) in [4.78, 5) is 28.4. The summed E-state index contributed by atoms with van der Waals surface area (Å²) in [5.74, 6) is 0.656. The van der Waals surface area contributed by atoms with Gasteiger partial charge in [0.1, 0.15) is 6.29 Å². The van der Waals surface area contributed by atoms with E-state index in [9.17, 15) is 14.7 Å². The third-order valence-corrected chi connectivity index (χ3v) is 6.77. The van der Waals surface area contributed by atoms with Crippen molar-refractivity contribution in [3.63, 3.8) is 0 Å². The molecule has 0 saturated carbocycles. The first-order chi connectivity index (χ1) is 15.1. The van der Waals surface area contributed by atoms with Gasteiger partial charge in [-0.1, -0.05) is 37.6 Å². The molecule has 1 unspecified atom stereocenters. The van der Waals surface area contributed by atoms with Crippen LogP contribution in [0.15, 0.2) is 42.5 Å². The molecule has 31 heavy (non-hydrogen) atoms. The van der Waals surface area contributed by atoms with Crippen LogP contribution in [-0.2, 0) is 24.4 Å². The number of aliphatic hydroxyl groups is 1. The lowest BCUT2D eigenvalue weighted by molar-refractivity contribution is -0.112. The minimum Gasteiger partial charge on any atom is -0.392 e. The zero-order valence-corrected chi connectivity index (χ0v) is 18.3. The first-order valence-corrected chi connectivity index (χ1v) is 11.5. The maximum atomic E-state index is 12.8. The molecule has 1 fully saturated rings. The van der Waals surface area contributed by atoms with Crippen LogP contribution < -0.4 is 4.90 Å². The largest absolute Gasteiger partial charge is 0.392 e. The second-order valence-corrected chi connectivity index (χ2v) is 8.88. The zero-order valence-electron chi connectivity index (χ0n) is 18.3. The molecule has 0 bridgehead atoms. The molecule has 5 heteroatoms. The summed E-state index contributed by atoms with van der Waals surface area (Å²) in [7, 11) is 0. The molecule has 2 aromatic rings. The van der Waals surface area contributed by atoms with Gasteiger partial charge >= 0.3 is 0 Å². The van der Waals surface area contributed by atoms with Gasteiger partial charge in [-0.05, 0) is 66.5 Å². The SMILES string of the molecule is CCCC(C=O)N1Cc2cc(N3CCC(Cc4ccc(CO)cc4)CC3)ccc2C1=O. The molecule has 0 aliphatic carbocycles. The standard InChI is InChI=1S/C26H32N2O3/c1-2-3-24(18-30)28-16-22-15-23(8-9-25(22)26(28)31)27-12-10-20(11-13-27)14-19-4-6-21(17-29)7-5-19/h4-9,15,18,20,24,29H,2-3,10-14,16-17H2,1H3. The van der Waals surface area contributed by atoms with Crippen LogP contribution in [0.2, 0.25) is 0 Å². The van der Waals surface area contributed by atoms with Crippen LogP contribution in [0.25, 0.3) is 0 Å². The number of carbonyl (C=O) groups excluding carboxylic acids is 2. The van der Waals surface area contributed by atoms with E-state index in [2.05, 4.69) is 29.2 Å². The first-order valence-electron chi connectivity index (χ1n) is 11.5. The molecule has 1 N–H and O–H groups in total. The van der Waals surface area contributed by atoms with Gasteiger partial charge in [-0.25, -0.2) is 0 Å². The number of benzene rings is 2. The normalized spacial score (nSPS) is 17.7. The Morgan fingerprint density at radius 2 is 1.81 bits per heavy atom. The molecule has 1 saturated heterocycles. The van der Waals surface area contributed by atoms with Crippen LogP contribution in [0.3, 0.4) is 0 Å². The molecule has 0 spiro atoms. The number of hydrogen-bond acceptors (Lipinski definition) is 4. The van der Waals surface area contributed by atoms with E-state index in [0.29, 0.717) is 18.9 Å². The van der Waals surface area contributed by atoms with Gasteiger partial charge in [-0.15, -0.1) is 0 Å². The number of carbonyl (C=O) groups is 2. The quantitative estimate of drug-likeness (QED) is 0.657. The van der Waals surface area contributed by atoms with Crippen LogP contribution in [-0.4, -0.2) is 41.3 Å². The summed E-state index contributed by atoms with van der Waals surface area (Å²) in [6, 6.07) is 14.1. The highest BCUT2D eigenvalue weighted by atomic mass is 16.3. The first kappa shape index (κ1) is 21.6. The molecule has 164 valence electrons. The molecular weight excluding hydrogens is 388 g/mol. The monoisotopic (exact) mass is 420 g/mol. The highest BCUT2D eigenvalue weighted by Crippen LogP contribution is 2.31. The molecule has 0 aromatic heterocycles. The van der Waals surface area contributed by atoms with Crippen molar-refractivity contribution in [2.45, 2.75) is 58.2 Å². The number of hydrogen-bond donors (Lipinski definition) is 1. The third-order valence-electron chi connectivity index (χ3n) is 6.77. The molecule has 1 atom stereocenters. The molecule has 2 aromatic carbocycles. The van der Waals surface area contributed by atoms with E-state index in [1.165, 1.54) is 11.3 Å². The van der Waals surface area contributed by atoms with Crippen LogP contribution in [0.5, 0.6) is 0 Å². The Morgan fingerprint density at radius 3 is 2.45 bits per heavy atom. The Balaban J connectivity index is 1.37. The minimum atomic E-state index is -0.324. The predicted octanol–water partition coefficient (Wildman–Crippen LogP) is 3.96. The van der Waals surface area contributed by atoms with Gasteiger partial charge in [-0.3, -0.25) is 4.79 Å². The Kier molecular flexibility index (Phi) is 6.71.